The Morgan fingerprint density at radius 1 is 1.33 bits per heavy atom. The zero-order valence-electron chi connectivity index (χ0n) is 14.2. The van der Waals surface area contributed by atoms with Gasteiger partial charge in [-0.15, -0.1) is 0 Å². The summed E-state index contributed by atoms with van der Waals surface area (Å²) in [4.78, 5) is 30.3. The predicted octanol–water partition coefficient (Wildman–Crippen LogP) is 1.77. The number of imidazole rings is 1. The van der Waals surface area contributed by atoms with Gasteiger partial charge in [0.2, 0.25) is 11.8 Å². The quantitative estimate of drug-likeness (QED) is 0.931. The number of hydrogen-bond donors (Lipinski definition) is 1. The molecule has 2 aromatic rings. The Morgan fingerprint density at radius 2 is 2.08 bits per heavy atom. The molecule has 0 fully saturated rings. The highest BCUT2D eigenvalue weighted by Gasteiger charge is 2.28. The fraction of sp³-hybridized carbons (Fsp3) is 0.389. The highest BCUT2D eigenvalue weighted by Crippen LogP contribution is 2.34. The van der Waals surface area contributed by atoms with Crippen molar-refractivity contribution >= 4 is 17.5 Å². The van der Waals surface area contributed by atoms with Crippen LogP contribution >= 0.6 is 0 Å². The maximum Gasteiger partial charge on any atom is 0.240 e. The van der Waals surface area contributed by atoms with E-state index in [9.17, 15) is 9.59 Å². The van der Waals surface area contributed by atoms with Gasteiger partial charge in [-0.1, -0.05) is 18.2 Å². The van der Waals surface area contributed by atoms with Gasteiger partial charge in [-0.2, -0.15) is 0 Å². The predicted molar refractivity (Wildman–Crippen MR) is 91.9 cm³/mol. The smallest absolute Gasteiger partial charge is 0.240 e. The number of anilines is 1. The second-order valence-electron chi connectivity index (χ2n) is 6.26. The number of aromatic nitrogens is 2. The largest absolute Gasteiger partial charge is 0.354 e. The summed E-state index contributed by atoms with van der Waals surface area (Å²) in [5, 5.41) is 2.96. The molecule has 0 bridgehead atoms. The maximum absolute atomic E-state index is 12.2. The van der Waals surface area contributed by atoms with Gasteiger partial charge in [0.1, 0.15) is 6.54 Å². The van der Waals surface area contributed by atoms with Gasteiger partial charge in [0.25, 0.3) is 0 Å². The molecular formula is C18H22N4O2. The molecule has 0 spiro atoms. The van der Waals surface area contributed by atoms with Gasteiger partial charge >= 0.3 is 0 Å². The number of nitrogens with one attached hydrogen (secondary N) is 1. The van der Waals surface area contributed by atoms with Crippen molar-refractivity contribution in [1.82, 2.24) is 14.9 Å². The topological polar surface area (TPSA) is 67.2 Å². The average Bonchev–Trinajstić information content (AvgIpc) is 2.89. The molecule has 0 saturated heterocycles. The number of amides is 2. The molecule has 0 radical (unpaired) electrons. The molecule has 1 aromatic carbocycles. The van der Waals surface area contributed by atoms with Gasteiger partial charge < -0.3 is 14.8 Å². The van der Waals surface area contributed by atoms with Crippen molar-refractivity contribution in [2.75, 3.05) is 18.5 Å². The minimum Gasteiger partial charge on any atom is -0.354 e. The third kappa shape index (κ3) is 3.04. The first-order valence-corrected chi connectivity index (χ1v) is 8.08. The number of carbonyl (C=O) groups excluding carboxylic acids is 2. The van der Waals surface area contributed by atoms with E-state index in [1.165, 1.54) is 0 Å². The summed E-state index contributed by atoms with van der Waals surface area (Å²) in [6.07, 6.45) is 2.09. The number of hydrogen-bond acceptors (Lipinski definition) is 3. The molecule has 1 aromatic heterocycles. The highest BCUT2D eigenvalue weighted by molar-refractivity contribution is 5.96. The summed E-state index contributed by atoms with van der Waals surface area (Å²) in [6.45, 7) is 4.57. The van der Waals surface area contributed by atoms with Gasteiger partial charge in [0.15, 0.2) is 0 Å². The summed E-state index contributed by atoms with van der Waals surface area (Å²) in [5.41, 5.74) is 3.95. The third-order valence-corrected chi connectivity index (χ3v) is 4.74. The van der Waals surface area contributed by atoms with E-state index in [4.69, 9.17) is 0 Å². The Bertz CT molecular complexity index is 781. The Morgan fingerprint density at radius 3 is 2.79 bits per heavy atom. The van der Waals surface area contributed by atoms with Crippen LogP contribution in [-0.2, 0) is 16.1 Å². The van der Waals surface area contributed by atoms with Crippen LogP contribution in [0.25, 0.3) is 0 Å². The lowest BCUT2D eigenvalue weighted by atomic mass is 9.89. The van der Waals surface area contributed by atoms with E-state index in [0.717, 1.165) is 22.6 Å². The minimum atomic E-state index is -0.0700. The zero-order chi connectivity index (χ0) is 17.3. The highest BCUT2D eigenvalue weighted by atomic mass is 16.2. The van der Waals surface area contributed by atoms with E-state index in [1.807, 2.05) is 42.7 Å². The van der Waals surface area contributed by atoms with Crippen molar-refractivity contribution in [3.8, 4) is 0 Å². The molecule has 1 N–H and O–H groups in total. The van der Waals surface area contributed by atoms with E-state index in [-0.39, 0.29) is 24.3 Å². The summed E-state index contributed by atoms with van der Waals surface area (Å²) in [6, 6.07) is 7.86. The normalized spacial score (nSPS) is 16.9. The number of aryl methyl sites for hydroxylation is 1. The Hall–Kier alpha value is -2.63. The van der Waals surface area contributed by atoms with E-state index < -0.39 is 0 Å². The fourth-order valence-electron chi connectivity index (χ4n) is 3.06. The maximum atomic E-state index is 12.2. The van der Waals surface area contributed by atoms with E-state index in [1.54, 1.807) is 18.3 Å². The summed E-state index contributed by atoms with van der Waals surface area (Å²) in [5.74, 6) is 0.0212. The first-order valence-electron chi connectivity index (χ1n) is 8.08. The lowest BCUT2D eigenvalue weighted by Crippen LogP contribution is -2.38. The molecule has 6 heteroatoms. The van der Waals surface area contributed by atoms with Crippen molar-refractivity contribution in [1.29, 1.82) is 0 Å². The first kappa shape index (κ1) is 16.2. The van der Waals surface area contributed by atoms with Crippen LogP contribution in [0.4, 0.5) is 5.69 Å². The number of rotatable bonds is 4. The van der Waals surface area contributed by atoms with Gasteiger partial charge in [-0.25, -0.2) is 4.98 Å². The number of para-hydroxylation sites is 1. The lowest BCUT2D eigenvalue weighted by molar-refractivity contribution is -0.122. The van der Waals surface area contributed by atoms with Crippen LogP contribution in [0.1, 0.15) is 29.3 Å². The van der Waals surface area contributed by atoms with Crippen LogP contribution in [0.15, 0.2) is 30.6 Å². The first-order chi connectivity index (χ1) is 11.5. The van der Waals surface area contributed by atoms with Crippen LogP contribution < -0.4 is 10.2 Å². The second kappa shape index (κ2) is 6.47. The van der Waals surface area contributed by atoms with Crippen molar-refractivity contribution in [2.45, 2.75) is 32.7 Å². The van der Waals surface area contributed by atoms with Crippen LogP contribution in [-0.4, -0.2) is 35.0 Å². The van der Waals surface area contributed by atoms with Crippen LogP contribution in [0.2, 0.25) is 0 Å². The van der Waals surface area contributed by atoms with E-state index >= 15 is 0 Å². The van der Waals surface area contributed by atoms with Crippen molar-refractivity contribution in [3.05, 3.63) is 47.5 Å². The van der Waals surface area contributed by atoms with Crippen LogP contribution in [0, 0.1) is 13.8 Å². The molecule has 1 aliphatic heterocycles. The second-order valence-corrected chi connectivity index (χ2v) is 6.26. The molecule has 0 saturated carbocycles. The van der Waals surface area contributed by atoms with Crippen molar-refractivity contribution < 1.29 is 9.59 Å². The third-order valence-electron chi connectivity index (χ3n) is 4.74. The standard InChI is InChI=1S/C18H22N4O2/c1-12-13(2)22(11-20-12)10-17(23)19-9-14-8-18(24)21(3)16-7-5-4-6-15(14)16/h4-7,11,14H,8-10H2,1-3H3,(H,19,23)/t14-/m1/s1. The van der Waals surface area contributed by atoms with E-state index in [2.05, 4.69) is 10.3 Å². The lowest BCUT2D eigenvalue weighted by Gasteiger charge is -2.31. The molecule has 0 aliphatic carbocycles. The number of carbonyl (C=O) groups is 2. The average molecular weight is 326 g/mol. The van der Waals surface area contributed by atoms with Gasteiger partial charge in [-0.3, -0.25) is 9.59 Å². The summed E-state index contributed by atoms with van der Waals surface area (Å²) < 4.78 is 1.83. The molecule has 1 aliphatic rings. The fourth-order valence-corrected chi connectivity index (χ4v) is 3.06. The molecule has 3 rings (SSSR count). The zero-order valence-corrected chi connectivity index (χ0v) is 14.2. The summed E-state index contributed by atoms with van der Waals surface area (Å²) in [7, 11) is 1.79. The molecule has 24 heavy (non-hydrogen) atoms. The molecule has 1 atom stereocenters. The van der Waals surface area contributed by atoms with E-state index in [0.29, 0.717) is 13.0 Å². The molecule has 126 valence electrons. The molecule has 0 unspecified atom stereocenters. The monoisotopic (exact) mass is 326 g/mol. The molecule has 6 nitrogen and oxygen atoms in total. The molecule has 2 amide bonds. The minimum absolute atomic E-state index is 0.0134. The number of fused-ring (bicyclic) bond motifs is 1. The van der Waals surface area contributed by atoms with Gasteiger partial charge in [-0.05, 0) is 25.5 Å². The van der Waals surface area contributed by atoms with Crippen LogP contribution in [0.5, 0.6) is 0 Å². The molecule has 2 heterocycles. The number of nitrogens with zero attached hydrogens (tertiary/aromatic N) is 3. The molecular weight excluding hydrogens is 304 g/mol. The van der Waals surface area contributed by atoms with Crippen molar-refractivity contribution in [3.63, 3.8) is 0 Å². The Labute approximate surface area is 141 Å². The Kier molecular flexibility index (Phi) is 4.38. The van der Waals surface area contributed by atoms with Crippen molar-refractivity contribution in [2.24, 2.45) is 0 Å². The van der Waals surface area contributed by atoms with Gasteiger partial charge in [0.05, 0.1) is 12.0 Å². The SMILES string of the molecule is Cc1ncn(CC(=O)NC[C@H]2CC(=O)N(C)c3ccccc32)c1C. The summed E-state index contributed by atoms with van der Waals surface area (Å²) >= 11 is 0. The van der Waals surface area contributed by atoms with Gasteiger partial charge in [0, 0.05) is 37.3 Å². The number of benzene rings is 1. The van der Waals surface area contributed by atoms with Crippen LogP contribution in [0.3, 0.4) is 0 Å². The Balaban J connectivity index is 1.66.